The van der Waals surface area contributed by atoms with Crippen LogP contribution in [-0.2, 0) is 6.54 Å². The zero-order valence-corrected chi connectivity index (χ0v) is 16.1. The first kappa shape index (κ1) is 17.5. The molecule has 0 radical (unpaired) electrons. The van der Waals surface area contributed by atoms with Crippen LogP contribution >= 0.6 is 11.3 Å². The van der Waals surface area contributed by atoms with Crippen LogP contribution in [0.1, 0.15) is 22.9 Å². The van der Waals surface area contributed by atoms with Gasteiger partial charge in [-0.2, -0.15) is 0 Å². The smallest absolute Gasteiger partial charge is 0.161 e. The highest BCUT2D eigenvalue weighted by Gasteiger charge is 2.15. The largest absolute Gasteiger partial charge is 0.493 e. The summed E-state index contributed by atoms with van der Waals surface area (Å²) < 4.78 is 11.0. The Kier molecular flexibility index (Phi) is 5.08. The fourth-order valence-corrected chi connectivity index (χ4v) is 3.88. The standard InChI is InChI=1S/C19H23N3O2S/c1-6-24-15-8-7-14(9-16(15)23-5)10-22(4)18-17-12(2)13(3)25-19(17)21-11-20-18/h7-9,11H,6,10H2,1-5H3. The molecule has 6 heteroatoms. The Balaban J connectivity index is 1.91. The SMILES string of the molecule is CCOc1ccc(CN(C)c2ncnc3sc(C)c(C)c23)cc1OC. The molecule has 1 aromatic carbocycles. The summed E-state index contributed by atoms with van der Waals surface area (Å²) >= 11 is 1.72. The second-order valence-electron chi connectivity index (χ2n) is 5.93. The molecule has 2 aromatic heterocycles. The van der Waals surface area contributed by atoms with E-state index in [-0.39, 0.29) is 0 Å². The van der Waals surface area contributed by atoms with Gasteiger partial charge in [-0.15, -0.1) is 11.3 Å². The van der Waals surface area contributed by atoms with Crippen LogP contribution in [0.25, 0.3) is 10.2 Å². The lowest BCUT2D eigenvalue weighted by Crippen LogP contribution is -2.18. The topological polar surface area (TPSA) is 47.5 Å². The van der Waals surface area contributed by atoms with Crippen molar-refractivity contribution in [2.45, 2.75) is 27.3 Å². The number of aromatic nitrogens is 2. The summed E-state index contributed by atoms with van der Waals surface area (Å²) in [5.74, 6) is 2.48. The Labute approximate surface area is 152 Å². The second-order valence-corrected chi connectivity index (χ2v) is 7.14. The van der Waals surface area contributed by atoms with Gasteiger partial charge in [0.2, 0.25) is 0 Å². The molecule has 0 aliphatic heterocycles. The zero-order chi connectivity index (χ0) is 18.0. The lowest BCUT2D eigenvalue weighted by Gasteiger charge is -2.20. The quantitative estimate of drug-likeness (QED) is 0.656. The predicted octanol–water partition coefficient (Wildman–Crippen LogP) is 4.35. The second kappa shape index (κ2) is 7.27. The van der Waals surface area contributed by atoms with E-state index in [0.717, 1.165) is 39.6 Å². The third-order valence-corrected chi connectivity index (χ3v) is 5.37. The number of methoxy groups -OCH3 is 1. The summed E-state index contributed by atoms with van der Waals surface area (Å²) in [7, 11) is 3.72. The van der Waals surface area contributed by atoms with E-state index >= 15 is 0 Å². The van der Waals surface area contributed by atoms with Crippen molar-refractivity contribution in [1.82, 2.24) is 9.97 Å². The Morgan fingerprint density at radius 3 is 2.68 bits per heavy atom. The molecule has 0 atom stereocenters. The summed E-state index contributed by atoms with van der Waals surface area (Å²) in [6.45, 7) is 7.57. The third-order valence-electron chi connectivity index (χ3n) is 4.25. The van der Waals surface area contributed by atoms with E-state index in [1.807, 2.05) is 19.1 Å². The van der Waals surface area contributed by atoms with E-state index in [4.69, 9.17) is 9.47 Å². The summed E-state index contributed by atoms with van der Waals surface area (Å²) in [5, 5.41) is 1.14. The van der Waals surface area contributed by atoms with Gasteiger partial charge in [0.05, 0.1) is 19.1 Å². The van der Waals surface area contributed by atoms with E-state index in [0.29, 0.717) is 6.61 Å². The van der Waals surface area contributed by atoms with Crippen molar-refractivity contribution in [1.29, 1.82) is 0 Å². The van der Waals surface area contributed by atoms with E-state index in [1.165, 1.54) is 10.4 Å². The van der Waals surface area contributed by atoms with Crippen molar-refractivity contribution in [3.8, 4) is 11.5 Å². The molecule has 0 unspecified atom stereocenters. The lowest BCUT2D eigenvalue weighted by molar-refractivity contribution is 0.310. The van der Waals surface area contributed by atoms with Crippen molar-refractivity contribution < 1.29 is 9.47 Å². The van der Waals surface area contributed by atoms with E-state index in [1.54, 1.807) is 24.8 Å². The minimum Gasteiger partial charge on any atom is -0.493 e. The first-order valence-electron chi connectivity index (χ1n) is 8.26. The molecule has 0 aliphatic rings. The molecule has 3 rings (SSSR count). The molecule has 0 spiro atoms. The maximum Gasteiger partial charge on any atom is 0.161 e. The van der Waals surface area contributed by atoms with Gasteiger partial charge in [-0.3, -0.25) is 0 Å². The molecular formula is C19H23N3O2S. The Hall–Kier alpha value is -2.34. The first-order chi connectivity index (χ1) is 12.0. The van der Waals surface area contributed by atoms with Gasteiger partial charge in [0, 0.05) is 18.5 Å². The number of aryl methyl sites for hydroxylation is 2. The molecule has 0 saturated carbocycles. The summed E-state index contributed by atoms with van der Waals surface area (Å²) in [5.41, 5.74) is 2.39. The van der Waals surface area contributed by atoms with Crippen LogP contribution in [0, 0.1) is 13.8 Å². The highest BCUT2D eigenvalue weighted by molar-refractivity contribution is 7.18. The third kappa shape index (κ3) is 3.39. The normalized spacial score (nSPS) is 10.9. The lowest BCUT2D eigenvalue weighted by atomic mass is 10.1. The van der Waals surface area contributed by atoms with Gasteiger partial charge in [0.25, 0.3) is 0 Å². The molecule has 25 heavy (non-hydrogen) atoms. The van der Waals surface area contributed by atoms with Crippen LogP contribution in [0.3, 0.4) is 0 Å². The van der Waals surface area contributed by atoms with Crippen molar-refractivity contribution in [2.24, 2.45) is 0 Å². The van der Waals surface area contributed by atoms with Gasteiger partial charge in [-0.25, -0.2) is 9.97 Å². The summed E-state index contributed by atoms with van der Waals surface area (Å²) in [6, 6.07) is 6.04. The number of hydrogen-bond donors (Lipinski definition) is 0. The van der Waals surface area contributed by atoms with E-state index < -0.39 is 0 Å². The van der Waals surface area contributed by atoms with Crippen molar-refractivity contribution >= 4 is 27.4 Å². The molecule has 0 fully saturated rings. The Morgan fingerprint density at radius 1 is 1.16 bits per heavy atom. The van der Waals surface area contributed by atoms with Gasteiger partial charge in [0.15, 0.2) is 11.5 Å². The van der Waals surface area contributed by atoms with Gasteiger partial charge in [0.1, 0.15) is 17.0 Å². The van der Waals surface area contributed by atoms with Crippen molar-refractivity contribution in [3.05, 3.63) is 40.5 Å². The van der Waals surface area contributed by atoms with Crippen LogP contribution in [-0.4, -0.2) is 30.7 Å². The average Bonchev–Trinajstić information content (AvgIpc) is 2.90. The van der Waals surface area contributed by atoms with Gasteiger partial charge < -0.3 is 14.4 Å². The predicted molar refractivity (Wildman–Crippen MR) is 103 cm³/mol. The molecule has 5 nitrogen and oxygen atoms in total. The molecule has 2 heterocycles. The first-order valence-corrected chi connectivity index (χ1v) is 9.08. The molecule has 0 saturated heterocycles. The van der Waals surface area contributed by atoms with Crippen LogP contribution in [0.5, 0.6) is 11.5 Å². The maximum atomic E-state index is 5.59. The fourth-order valence-electron chi connectivity index (χ4n) is 2.89. The molecule has 0 bridgehead atoms. The number of hydrogen-bond acceptors (Lipinski definition) is 6. The number of thiophene rings is 1. The summed E-state index contributed by atoms with van der Waals surface area (Å²) in [6.07, 6.45) is 1.64. The monoisotopic (exact) mass is 357 g/mol. The van der Waals surface area contributed by atoms with Crippen molar-refractivity contribution in [3.63, 3.8) is 0 Å². The highest BCUT2D eigenvalue weighted by atomic mass is 32.1. The van der Waals surface area contributed by atoms with Crippen LogP contribution in [0.15, 0.2) is 24.5 Å². The highest BCUT2D eigenvalue weighted by Crippen LogP contribution is 2.35. The molecule has 132 valence electrons. The molecular weight excluding hydrogens is 334 g/mol. The van der Waals surface area contributed by atoms with Gasteiger partial charge in [-0.05, 0) is 44.0 Å². The minimum absolute atomic E-state index is 0.616. The number of anilines is 1. The van der Waals surface area contributed by atoms with Gasteiger partial charge >= 0.3 is 0 Å². The number of nitrogens with zero attached hydrogens (tertiary/aromatic N) is 3. The molecule has 0 N–H and O–H groups in total. The van der Waals surface area contributed by atoms with Gasteiger partial charge in [-0.1, -0.05) is 6.07 Å². The molecule has 0 amide bonds. The Morgan fingerprint density at radius 2 is 1.96 bits per heavy atom. The van der Waals surface area contributed by atoms with Crippen LogP contribution < -0.4 is 14.4 Å². The maximum absolute atomic E-state index is 5.59. The minimum atomic E-state index is 0.616. The fraction of sp³-hybridized carbons (Fsp3) is 0.368. The van der Waals surface area contributed by atoms with E-state index in [9.17, 15) is 0 Å². The number of ether oxygens (including phenoxy) is 2. The zero-order valence-electron chi connectivity index (χ0n) is 15.3. The van der Waals surface area contributed by atoms with Crippen LogP contribution in [0.2, 0.25) is 0 Å². The summed E-state index contributed by atoms with van der Waals surface area (Å²) in [4.78, 5) is 13.4. The number of benzene rings is 1. The molecule has 0 aliphatic carbocycles. The average molecular weight is 357 g/mol. The molecule has 3 aromatic rings. The number of fused-ring (bicyclic) bond motifs is 1. The van der Waals surface area contributed by atoms with Crippen LogP contribution in [0.4, 0.5) is 5.82 Å². The van der Waals surface area contributed by atoms with Crippen molar-refractivity contribution in [2.75, 3.05) is 25.7 Å². The Bertz CT molecular complexity index is 892. The number of rotatable bonds is 6. The van der Waals surface area contributed by atoms with E-state index in [2.05, 4.69) is 41.8 Å².